The molecule has 1 aliphatic heterocycles. The summed E-state index contributed by atoms with van der Waals surface area (Å²) in [5.74, 6) is 0.722. The van der Waals surface area contributed by atoms with Crippen LogP contribution in [0.2, 0.25) is 0 Å². The van der Waals surface area contributed by atoms with E-state index in [0.29, 0.717) is 12.6 Å². The van der Waals surface area contributed by atoms with Crippen molar-refractivity contribution < 1.29 is 9.53 Å². The van der Waals surface area contributed by atoms with Crippen molar-refractivity contribution in [2.75, 3.05) is 33.2 Å². The summed E-state index contributed by atoms with van der Waals surface area (Å²) in [7, 11) is 2.20. The summed E-state index contributed by atoms with van der Waals surface area (Å²) in [5.41, 5.74) is -0.441. The van der Waals surface area contributed by atoms with Gasteiger partial charge >= 0.3 is 6.09 Å². The molecule has 0 aromatic rings. The molecule has 2 N–H and O–H groups in total. The van der Waals surface area contributed by atoms with Crippen LogP contribution in [0, 0.1) is 5.92 Å². The van der Waals surface area contributed by atoms with E-state index in [0.717, 1.165) is 18.9 Å². The first-order chi connectivity index (χ1) is 10.8. The van der Waals surface area contributed by atoms with Gasteiger partial charge in [0, 0.05) is 19.1 Å². The van der Waals surface area contributed by atoms with E-state index < -0.39 is 5.60 Å². The minimum absolute atomic E-state index is 0.321. The topological polar surface area (TPSA) is 53.6 Å². The highest BCUT2D eigenvalue weighted by Crippen LogP contribution is 2.14. The van der Waals surface area contributed by atoms with Crippen LogP contribution in [0.3, 0.4) is 0 Å². The van der Waals surface area contributed by atoms with Gasteiger partial charge in [0.25, 0.3) is 0 Å². The average Bonchev–Trinajstić information content (AvgIpc) is 2.44. The fraction of sp³-hybridized carbons (Fsp3) is 0.944. The van der Waals surface area contributed by atoms with E-state index >= 15 is 0 Å². The molecule has 0 aromatic heterocycles. The Morgan fingerprint density at radius 2 is 2.13 bits per heavy atom. The third kappa shape index (κ3) is 9.82. The quantitative estimate of drug-likeness (QED) is 0.719. The number of rotatable bonds is 8. The lowest BCUT2D eigenvalue weighted by Crippen LogP contribution is -2.46. The van der Waals surface area contributed by atoms with Gasteiger partial charge in [-0.1, -0.05) is 19.8 Å². The summed E-state index contributed by atoms with van der Waals surface area (Å²) in [6, 6.07) is 0.328. The molecule has 1 saturated heterocycles. The molecule has 1 fully saturated rings. The minimum Gasteiger partial charge on any atom is -0.444 e. The van der Waals surface area contributed by atoms with Crippen molar-refractivity contribution in [1.82, 2.24) is 15.5 Å². The van der Waals surface area contributed by atoms with Crippen LogP contribution in [-0.2, 0) is 4.74 Å². The van der Waals surface area contributed by atoms with E-state index in [1.165, 1.54) is 38.8 Å². The van der Waals surface area contributed by atoms with Gasteiger partial charge in [0.05, 0.1) is 0 Å². The third-order valence-corrected chi connectivity index (χ3v) is 4.22. The van der Waals surface area contributed by atoms with Crippen molar-refractivity contribution in [2.45, 2.75) is 71.4 Å². The monoisotopic (exact) mass is 327 g/mol. The normalized spacial score (nSPS) is 21.0. The molecule has 1 amide bonds. The molecule has 0 saturated carbocycles. The summed E-state index contributed by atoms with van der Waals surface area (Å²) in [6.07, 6.45) is 5.72. The molecule has 1 heterocycles. The third-order valence-electron chi connectivity index (χ3n) is 4.22. The first-order valence-corrected chi connectivity index (χ1v) is 9.19. The van der Waals surface area contributed by atoms with Gasteiger partial charge < -0.3 is 20.3 Å². The number of amides is 1. The van der Waals surface area contributed by atoms with Crippen LogP contribution in [0.1, 0.15) is 59.8 Å². The van der Waals surface area contributed by atoms with Crippen molar-refractivity contribution >= 4 is 6.09 Å². The second kappa shape index (κ2) is 10.1. The number of alkyl carbamates (subject to hydrolysis) is 1. The van der Waals surface area contributed by atoms with Gasteiger partial charge in [-0.15, -0.1) is 0 Å². The Balaban J connectivity index is 2.34. The first kappa shape index (κ1) is 20.2. The Bertz CT molecular complexity index is 342. The lowest BCUT2D eigenvalue weighted by atomic mass is 9.98. The number of hydrogen-bond acceptors (Lipinski definition) is 4. The molecule has 0 bridgehead atoms. The standard InChI is InChI=1S/C18H37N3O2/c1-6-7-10-16(13-20-17(22)23-18(2,3)4)19-12-15-9-8-11-21(5)14-15/h15-16,19H,6-14H2,1-5H3,(H,20,22). The smallest absolute Gasteiger partial charge is 0.407 e. The largest absolute Gasteiger partial charge is 0.444 e. The fourth-order valence-corrected chi connectivity index (χ4v) is 3.02. The number of piperidine rings is 1. The van der Waals surface area contributed by atoms with Crippen LogP contribution in [0.25, 0.3) is 0 Å². The zero-order chi connectivity index (χ0) is 17.3. The number of carbonyl (C=O) groups is 1. The lowest BCUT2D eigenvalue weighted by Gasteiger charge is -2.31. The van der Waals surface area contributed by atoms with Crippen molar-refractivity contribution in [3.63, 3.8) is 0 Å². The van der Waals surface area contributed by atoms with Crippen LogP contribution in [0.4, 0.5) is 4.79 Å². The Morgan fingerprint density at radius 3 is 2.74 bits per heavy atom. The van der Waals surface area contributed by atoms with E-state index in [1.807, 2.05) is 20.8 Å². The Kier molecular flexibility index (Phi) is 8.92. The number of likely N-dealkylation sites (tertiary alicyclic amines) is 1. The highest BCUT2D eigenvalue weighted by molar-refractivity contribution is 5.67. The van der Waals surface area contributed by atoms with Crippen LogP contribution in [0.15, 0.2) is 0 Å². The maximum absolute atomic E-state index is 11.8. The molecule has 136 valence electrons. The zero-order valence-corrected chi connectivity index (χ0v) is 15.8. The highest BCUT2D eigenvalue weighted by atomic mass is 16.6. The molecule has 0 radical (unpaired) electrons. The van der Waals surface area contributed by atoms with E-state index in [1.54, 1.807) is 0 Å². The molecule has 23 heavy (non-hydrogen) atoms. The number of ether oxygens (including phenoxy) is 1. The van der Waals surface area contributed by atoms with Crippen LogP contribution in [-0.4, -0.2) is 55.9 Å². The molecule has 5 nitrogen and oxygen atoms in total. The zero-order valence-electron chi connectivity index (χ0n) is 15.8. The second-order valence-corrected chi connectivity index (χ2v) is 7.90. The maximum Gasteiger partial charge on any atom is 0.407 e. The molecule has 0 aliphatic carbocycles. The van der Waals surface area contributed by atoms with Crippen LogP contribution in [0.5, 0.6) is 0 Å². The lowest BCUT2D eigenvalue weighted by molar-refractivity contribution is 0.0521. The first-order valence-electron chi connectivity index (χ1n) is 9.19. The van der Waals surface area contributed by atoms with Gasteiger partial charge in [0.1, 0.15) is 5.60 Å². The van der Waals surface area contributed by atoms with Crippen LogP contribution >= 0.6 is 0 Å². The SMILES string of the molecule is CCCCC(CNC(=O)OC(C)(C)C)NCC1CCCN(C)C1. The van der Waals surface area contributed by atoms with Gasteiger partial charge in [-0.25, -0.2) is 4.79 Å². The number of hydrogen-bond donors (Lipinski definition) is 2. The van der Waals surface area contributed by atoms with Crippen molar-refractivity contribution in [1.29, 1.82) is 0 Å². The summed E-state index contributed by atoms with van der Waals surface area (Å²) in [5, 5.41) is 6.58. The predicted molar refractivity (Wildman–Crippen MR) is 95.8 cm³/mol. The summed E-state index contributed by atoms with van der Waals surface area (Å²) in [6.45, 7) is 11.9. The molecule has 2 unspecified atom stereocenters. The number of nitrogens with one attached hydrogen (secondary N) is 2. The van der Waals surface area contributed by atoms with Gasteiger partial charge in [-0.3, -0.25) is 0 Å². The van der Waals surface area contributed by atoms with E-state index in [-0.39, 0.29) is 6.09 Å². The van der Waals surface area contributed by atoms with Gasteiger partial charge in [-0.05, 0) is 66.1 Å². The van der Waals surface area contributed by atoms with Crippen molar-refractivity contribution in [3.8, 4) is 0 Å². The molecular formula is C18H37N3O2. The Labute approximate surface area is 142 Å². The van der Waals surface area contributed by atoms with E-state index in [2.05, 4.69) is 29.5 Å². The number of nitrogens with zero attached hydrogens (tertiary/aromatic N) is 1. The molecular weight excluding hydrogens is 290 g/mol. The van der Waals surface area contributed by atoms with Crippen molar-refractivity contribution in [3.05, 3.63) is 0 Å². The van der Waals surface area contributed by atoms with Gasteiger partial charge in [-0.2, -0.15) is 0 Å². The second-order valence-electron chi connectivity index (χ2n) is 7.90. The number of carbonyl (C=O) groups excluding carboxylic acids is 1. The number of unbranched alkanes of at least 4 members (excludes halogenated alkanes) is 1. The Morgan fingerprint density at radius 1 is 1.39 bits per heavy atom. The predicted octanol–water partition coefficient (Wildman–Crippen LogP) is 3.00. The summed E-state index contributed by atoms with van der Waals surface area (Å²) >= 11 is 0. The average molecular weight is 328 g/mol. The van der Waals surface area contributed by atoms with E-state index in [9.17, 15) is 4.79 Å². The molecule has 0 aromatic carbocycles. The molecule has 1 rings (SSSR count). The maximum atomic E-state index is 11.8. The molecule has 2 atom stereocenters. The summed E-state index contributed by atoms with van der Waals surface area (Å²) < 4.78 is 5.32. The fourth-order valence-electron chi connectivity index (χ4n) is 3.02. The summed E-state index contributed by atoms with van der Waals surface area (Å²) in [4.78, 5) is 14.2. The van der Waals surface area contributed by atoms with Crippen molar-refractivity contribution in [2.24, 2.45) is 5.92 Å². The van der Waals surface area contributed by atoms with Gasteiger partial charge in [0.15, 0.2) is 0 Å². The molecule has 5 heteroatoms. The minimum atomic E-state index is -0.441. The molecule has 0 spiro atoms. The highest BCUT2D eigenvalue weighted by Gasteiger charge is 2.20. The Hall–Kier alpha value is -0.810. The molecule has 1 aliphatic rings. The van der Waals surface area contributed by atoms with Gasteiger partial charge in [0.2, 0.25) is 0 Å². The van der Waals surface area contributed by atoms with E-state index in [4.69, 9.17) is 4.74 Å². The van der Waals surface area contributed by atoms with Crippen LogP contribution < -0.4 is 10.6 Å².